The molecule has 0 spiro atoms. The average molecular weight is 356 g/mol. The van der Waals surface area contributed by atoms with Crippen molar-refractivity contribution in [2.24, 2.45) is 5.16 Å². The van der Waals surface area contributed by atoms with Crippen LogP contribution < -0.4 is 0 Å². The smallest absolute Gasteiger partial charge is 0.257 e. The first-order chi connectivity index (χ1) is 12.6. The number of amides is 1. The molecule has 1 amide bonds. The Kier molecular flexibility index (Phi) is 5.41. The number of oxime groups is 1. The summed E-state index contributed by atoms with van der Waals surface area (Å²) in [7, 11) is 0. The van der Waals surface area contributed by atoms with Crippen molar-refractivity contribution < 1.29 is 18.4 Å². The van der Waals surface area contributed by atoms with Gasteiger partial charge in [-0.25, -0.2) is 8.78 Å². The molecule has 0 unspecified atom stereocenters. The highest BCUT2D eigenvalue weighted by molar-refractivity contribution is 6.01. The van der Waals surface area contributed by atoms with Crippen LogP contribution in [0.15, 0.2) is 66.3 Å². The van der Waals surface area contributed by atoms with Gasteiger partial charge in [0.2, 0.25) is 0 Å². The number of carbonyl (C=O) groups is 1. The topological polar surface area (TPSA) is 41.9 Å². The van der Waals surface area contributed by atoms with Crippen LogP contribution in [-0.4, -0.2) is 35.7 Å². The van der Waals surface area contributed by atoms with Crippen LogP contribution in [0.2, 0.25) is 0 Å². The zero-order chi connectivity index (χ0) is 18.5. The van der Waals surface area contributed by atoms with E-state index in [4.69, 9.17) is 4.84 Å². The summed E-state index contributed by atoms with van der Waals surface area (Å²) < 4.78 is 27.8. The van der Waals surface area contributed by atoms with Crippen molar-refractivity contribution in [3.05, 3.63) is 83.9 Å². The van der Waals surface area contributed by atoms with Gasteiger partial charge in [-0.2, -0.15) is 0 Å². The van der Waals surface area contributed by atoms with Crippen LogP contribution in [0.3, 0.4) is 0 Å². The van der Waals surface area contributed by atoms with Gasteiger partial charge >= 0.3 is 0 Å². The molecule has 0 aliphatic carbocycles. The maximum atomic E-state index is 13.9. The third kappa shape index (κ3) is 3.79. The van der Waals surface area contributed by atoms with Gasteiger partial charge in [0.15, 0.2) is 6.10 Å². The highest BCUT2D eigenvalue weighted by Crippen LogP contribution is 2.20. The van der Waals surface area contributed by atoms with E-state index in [1.165, 1.54) is 29.2 Å². The predicted octanol–water partition coefficient (Wildman–Crippen LogP) is 3.79. The third-order valence-electron chi connectivity index (χ3n) is 4.08. The molecule has 1 aliphatic rings. The number of hydrogen-bond acceptors (Lipinski definition) is 3. The molecule has 26 heavy (non-hydrogen) atoms. The quantitative estimate of drug-likeness (QED) is 0.739. The molecular weight excluding hydrogens is 338 g/mol. The minimum Gasteiger partial charge on any atom is -0.390 e. The number of rotatable bonds is 6. The van der Waals surface area contributed by atoms with E-state index in [0.717, 1.165) is 0 Å². The van der Waals surface area contributed by atoms with Crippen molar-refractivity contribution in [1.82, 2.24) is 4.90 Å². The van der Waals surface area contributed by atoms with Gasteiger partial charge in [0.05, 0.1) is 17.8 Å². The Hall–Kier alpha value is -3.02. The van der Waals surface area contributed by atoms with Crippen LogP contribution in [0, 0.1) is 11.6 Å². The minimum absolute atomic E-state index is 0.0115. The summed E-state index contributed by atoms with van der Waals surface area (Å²) in [6, 6.07) is 12.1. The Bertz CT molecular complexity index is 851. The average Bonchev–Trinajstić information content (AvgIpc) is 3.10. The Morgan fingerprint density at radius 3 is 2.58 bits per heavy atom. The maximum Gasteiger partial charge on any atom is 0.257 e. The van der Waals surface area contributed by atoms with E-state index < -0.39 is 17.8 Å². The summed E-state index contributed by atoms with van der Waals surface area (Å²) in [6.45, 7) is 4.07. The van der Waals surface area contributed by atoms with E-state index in [0.29, 0.717) is 17.7 Å². The van der Waals surface area contributed by atoms with Crippen molar-refractivity contribution in [3.8, 4) is 0 Å². The molecule has 4 nitrogen and oxygen atoms in total. The molecule has 0 N–H and O–H groups in total. The fourth-order valence-corrected chi connectivity index (χ4v) is 2.83. The Morgan fingerprint density at radius 1 is 1.19 bits per heavy atom. The van der Waals surface area contributed by atoms with E-state index in [1.807, 2.05) is 0 Å². The van der Waals surface area contributed by atoms with Crippen LogP contribution in [0.25, 0.3) is 0 Å². The van der Waals surface area contributed by atoms with Crippen molar-refractivity contribution in [2.75, 3.05) is 13.1 Å². The number of nitrogens with zero attached hydrogens (tertiary/aromatic N) is 2. The van der Waals surface area contributed by atoms with Gasteiger partial charge in [-0.15, -0.1) is 6.58 Å². The van der Waals surface area contributed by atoms with Gasteiger partial charge in [0.25, 0.3) is 5.91 Å². The molecule has 1 heterocycles. The highest BCUT2D eigenvalue weighted by Gasteiger charge is 2.28. The molecule has 0 radical (unpaired) electrons. The van der Waals surface area contributed by atoms with E-state index in [2.05, 4.69) is 11.7 Å². The van der Waals surface area contributed by atoms with Gasteiger partial charge in [-0.1, -0.05) is 41.6 Å². The zero-order valence-electron chi connectivity index (χ0n) is 14.1. The molecule has 0 saturated carbocycles. The summed E-state index contributed by atoms with van der Waals surface area (Å²) in [4.78, 5) is 19.4. The van der Waals surface area contributed by atoms with E-state index >= 15 is 0 Å². The molecule has 0 saturated heterocycles. The summed E-state index contributed by atoms with van der Waals surface area (Å²) in [5.41, 5.74) is 0.860. The lowest BCUT2D eigenvalue weighted by Gasteiger charge is -2.23. The second kappa shape index (κ2) is 7.91. The number of halogens is 2. The maximum absolute atomic E-state index is 13.9. The normalized spacial score (nSPS) is 15.9. The molecular formula is C20H18F2N2O2. The zero-order valence-corrected chi connectivity index (χ0v) is 14.1. The molecule has 134 valence electrons. The summed E-state index contributed by atoms with van der Waals surface area (Å²) in [5.74, 6) is -1.41. The standard InChI is InChI=1S/C20H18F2N2O2/c1-2-11-24(20(25)16-8-4-6-10-18(16)22)13-14-12-19(23-26-14)15-7-3-5-9-17(15)21/h2-10,14H,1,11-13H2/t14-/m0/s1. The van der Waals surface area contributed by atoms with E-state index in [-0.39, 0.29) is 24.5 Å². The summed E-state index contributed by atoms with van der Waals surface area (Å²) >= 11 is 0. The second-order valence-electron chi connectivity index (χ2n) is 5.93. The molecule has 0 bridgehead atoms. The van der Waals surface area contributed by atoms with Crippen molar-refractivity contribution >= 4 is 11.6 Å². The molecule has 6 heteroatoms. The fraction of sp³-hybridized carbons (Fsp3) is 0.200. The Labute approximate surface area is 150 Å². The third-order valence-corrected chi connectivity index (χ3v) is 4.08. The lowest BCUT2D eigenvalue weighted by molar-refractivity contribution is 0.0447. The first-order valence-corrected chi connectivity index (χ1v) is 8.22. The first-order valence-electron chi connectivity index (χ1n) is 8.22. The highest BCUT2D eigenvalue weighted by atomic mass is 19.1. The molecule has 2 aromatic rings. The lowest BCUT2D eigenvalue weighted by atomic mass is 10.0. The molecule has 1 atom stereocenters. The van der Waals surface area contributed by atoms with Crippen LogP contribution >= 0.6 is 0 Å². The number of carbonyl (C=O) groups excluding carboxylic acids is 1. The van der Waals surface area contributed by atoms with Crippen LogP contribution in [0.1, 0.15) is 22.3 Å². The monoisotopic (exact) mass is 356 g/mol. The second-order valence-corrected chi connectivity index (χ2v) is 5.93. The largest absolute Gasteiger partial charge is 0.390 e. The van der Waals surface area contributed by atoms with Crippen molar-refractivity contribution in [2.45, 2.75) is 12.5 Å². The fourth-order valence-electron chi connectivity index (χ4n) is 2.83. The minimum atomic E-state index is -0.581. The van der Waals surface area contributed by atoms with Gasteiger partial charge < -0.3 is 9.74 Å². The van der Waals surface area contributed by atoms with Gasteiger partial charge in [0.1, 0.15) is 11.6 Å². The molecule has 3 rings (SSSR count). The summed E-state index contributed by atoms with van der Waals surface area (Å²) in [5, 5.41) is 3.95. The molecule has 0 aromatic heterocycles. The Balaban J connectivity index is 1.70. The van der Waals surface area contributed by atoms with Gasteiger partial charge in [-0.05, 0) is 18.2 Å². The van der Waals surface area contributed by atoms with Crippen LogP contribution in [0.4, 0.5) is 8.78 Å². The Morgan fingerprint density at radius 2 is 1.88 bits per heavy atom. The van der Waals surface area contributed by atoms with Gasteiger partial charge in [0, 0.05) is 18.5 Å². The number of benzene rings is 2. The van der Waals surface area contributed by atoms with Gasteiger partial charge in [-0.3, -0.25) is 4.79 Å². The lowest BCUT2D eigenvalue weighted by Crippen LogP contribution is -2.38. The summed E-state index contributed by atoms with van der Waals surface area (Å²) in [6.07, 6.45) is 1.49. The van der Waals surface area contributed by atoms with E-state index in [9.17, 15) is 13.6 Å². The van der Waals surface area contributed by atoms with Crippen molar-refractivity contribution in [1.29, 1.82) is 0 Å². The van der Waals surface area contributed by atoms with Crippen molar-refractivity contribution in [3.63, 3.8) is 0 Å². The van der Waals surface area contributed by atoms with Crippen LogP contribution in [0.5, 0.6) is 0 Å². The molecule has 2 aromatic carbocycles. The SMILES string of the molecule is C=CCN(C[C@@H]1CC(c2ccccc2F)=NO1)C(=O)c1ccccc1F. The van der Waals surface area contributed by atoms with E-state index in [1.54, 1.807) is 30.3 Å². The molecule has 0 fully saturated rings. The van der Waals surface area contributed by atoms with Crippen LogP contribution in [-0.2, 0) is 4.84 Å². The first kappa shape index (κ1) is 17.8. The predicted molar refractivity (Wildman–Crippen MR) is 94.9 cm³/mol. The molecule has 1 aliphatic heterocycles. The number of hydrogen-bond donors (Lipinski definition) is 0.